The molecule has 0 saturated carbocycles. The normalized spacial score (nSPS) is 12.3. The zero-order valence-corrected chi connectivity index (χ0v) is 9.99. The maximum atomic E-state index is 11.1. The Morgan fingerprint density at radius 3 is 2.20 bits per heavy atom. The zero-order valence-electron chi connectivity index (χ0n) is 7.72. The molecule has 1 aromatic rings. The molecule has 3 nitrogen and oxygen atoms in total. The lowest BCUT2D eigenvalue weighted by Gasteiger charge is -2.08. The van der Waals surface area contributed by atoms with Crippen LogP contribution in [0.5, 0.6) is 0 Å². The minimum Gasteiger partial charge on any atom is -0.384 e. The Balaban J connectivity index is 2.93. The molecule has 0 aliphatic carbocycles. The molecule has 0 aliphatic heterocycles. The van der Waals surface area contributed by atoms with Gasteiger partial charge in [-0.15, -0.1) is 0 Å². The molecule has 0 saturated heterocycles. The monoisotopic (exact) mass is 267 g/mol. The Hall–Kier alpha value is -0.480. The number of aliphatic hydroxyl groups is 1. The van der Waals surface area contributed by atoms with Gasteiger partial charge in [-0.25, -0.2) is 0 Å². The van der Waals surface area contributed by atoms with E-state index >= 15 is 0 Å². The number of aliphatic hydroxyl groups excluding tert-OH is 1. The van der Waals surface area contributed by atoms with Gasteiger partial charge in [0.2, 0.25) is 0 Å². The van der Waals surface area contributed by atoms with Crippen molar-refractivity contribution in [2.45, 2.75) is 13.0 Å². The van der Waals surface area contributed by atoms with E-state index < -0.39 is 12.0 Å². The summed E-state index contributed by atoms with van der Waals surface area (Å²) in [5, 5.41) is 12.1. The molecule has 1 rings (SSSR count). The molecule has 1 aromatic carbocycles. The van der Waals surface area contributed by atoms with Crippen molar-refractivity contribution in [3.05, 3.63) is 27.2 Å². The largest absolute Gasteiger partial charge is 0.384 e. The van der Waals surface area contributed by atoms with E-state index in [9.17, 15) is 4.79 Å². The van der Waals surface area contributed by atoms with Crippen LogP contribution in [0.4, 0.5) is 5.69 Å². The fourth-order valence-corrected chi connectivity index (χ4v) is 1.47. The van der Waals surface area contributed by atoms with Gasteiger partial charge in [0.25, 0.3) is 5.91 Å². The predicted molar refractivity (Wildman–Crippen MR) is 61.8 cm³/mol. The molecular formula is C9H8Cl3NO2. The first-order valence-electron chi connectivity index (χ1n) is 4.05. The number of rotatable bonds is 2. The van der Waals surface area contributed by atoms with Crippen LogP contribution in [0.25, 0.3) is 0 Å². The van der Waals surface area contributed by atoms with E-state index in [1.54, 1.807) is 0 Å². The Kier molecular flexibility index (Phi) is 4.22. The quantitative estimate of drug-likeness (QED) is 0.810. The molecule has 15 heavy (non-hydrogen) atoms. The smallest absolute Gasteiger partial charge is 0.252 e. The molecule has 82 valence electrons. The van der Waals surface area contributed by atoms with Crippen molar-refractivity contribution in [3.8, 4) is 0 Å². The number of hydrogen-bond donors (Lipinski definition) is 2. The lowest BCUT2D eigenvalue weighted by atomic mass is 10.3. The molecule has 0 aromatic heterocycles. The van der Waals surface area contributed by atoms with E-state index in [4.69, 9.17) is 39.9 Å². The lowest BCUT2D eigenvalue weighted by molar-refractivity contribution is -0.123. The molecule has 2 N–H and O–H groups in total. The van der Waals surface area contributed by atoms with Crippen LogP contribution in [0, 0.1) is 0 Å². The fourth-order valence-electron chi connectivity index (χ4n) is 0.874. The Labute approximate surface area is 102 Å². The topological polar surface area (TPSA) is 49.3 Å². The van der Waals surface area contributed by atoms with Gasteiger partial charge in [0.1, 0.15) is 6.10 Å². The number of hydrogen-bond acceptors (Lipinski definition) is 2. The van der Waals surface area contributed by atoms with Crippen molar-refractivity contribution in [2.75, 3.05) is 5.32 Å². The summed E-state index contributed by atoms with van der Waals surface area (Å²) in [6.45, 7) is 1.36. The molecule has 0 bridgehead atoms. The van der Waals surface area contributed by atoms with Crippen LogP contribution in [0.3, 0.4) is 0 Å². The second kappa shape index (κ2) is 5.03. The lowest BCUT2D eigenvalue weighted by Crippen LogP contribution is -2.24. The summed E-state index contributed by atoms with van der Waals surface area (Å²) >= 11 is 17.2. The van der Waals surface area contributed by atoms with E-state index in [1.165, 1.54) is 19.1 Å². The second-order valence-corrected chi connectivity index (χ2v) is 4.11. The van der Waals surface area contributed by atoms with Gasteiger partial charge >= 0.3 is 0 Å². The standard InChI is InChI=1S/C9H8Cl3NO2/c1-4(14)9(15)13-5-2-6(10)8(12)7(11)3-5/h2-4,14H,1H3,(H,13,15). The summed E-state index contributed by atoms with van der Waals surface area (Å²) in [5.41, 5.74) is 0.389. The average molecular weight is 269 g/mol. The Morgan fingerprint density at radius 1 is 1.33 bits per heavy atom. The summed E-state index contributed by atoms with van der Waals surface area (Å²) in [4.78, 5) is 11.1. The van der Waals surface area contributed by atoms with E-state index in [1.807, 2.05) is 0 Å². The molecule has 1 unspecified atom stereocenters. The van der Waals surface area contributed by atoms with Crippen molar-refractivity contribution >= 4 is 46.4 Å². The second-order valence-electron chi connectivity index (χ2n) is 2.92. The van der Waals surface area contributed by atoms with Crippen molar-refractivity contribution in [2.24, 2.45) is 0 Å². The molecular weight excluding hydrogens is 260 g/mol. The SMILES string of the molecule is CC(O)C(=O)Nc1cc(Cl)c(Cl)c(Cl)c1. The molecule has 0 fully saturated rings. The minimum atomic E-state index is -1.10. The highest BCUT2D eigenvalue weighted by Crippen LogP contribution is 2.33. The van der Waals surface area contributed by atoms with Gasteiger partial charge in [-0.05, 0) is 19.1 Å². The van der Waals surface area contributed by atoms with E-state index in [-0.39, 0.29) is 15.1 Å². The van der Waals surface area contributed by atoms with Gasteiger partial charge in [0, 0.05) is 5.69 Å². The number of carbonyl (C=O) groups is 1. The highest BCUT2D eigenvalue weighted by Gasteiger charge is 2.11. The fraction of sp³-hybridized carbons (Fsp3) is 0.222. The summed E-state index contributed by atoms with van der Waals surface area (Å²) in [7, 11) is 0. The maximum Gasteiger partial charge on any atom is 0.252 e. The van der Waals surface area contributed by atoms with Crippen LogP contribution in [-0.2, 0) is 4.79 Å². The van der Waals surface area contributed by atoms with Gasteiger partial charge in [-0.2, -0.15) is 0 Å². The van der Waals surface area contributed by atoms with Gasteiger partial charge in [0.15, 0.2) is 0 Å². The van der Waals surface area contributed by atoms with Crippen LogP contribution in [0.15, 0.2) is 12.1 Å². The summed E-state index contributed by atoms with van der Waals surface area (Å²) in [5.74, 6) is -0.538. The summed E-state index contributed by atoms with van der Waals surface area (Å²) in [6, 6.07) is 2.91. The number of nitrogens with one attached hydrogen (secondary N) is 1. The van der Waals surface area contributed by atoms with Crippen LogP contribution in [0.2, 0.25) is 15.1 Å². The molecule has 1 amide bonds. The highest BCUT2D eigenvalue weighted by atomic mass is 35.5. The number of benzene rings is 1. The number of anilines is 1. The molecule has 6 heteroatoms. The van der Waals surface area contributed by atoms with Gasteiger partial charge < -0.3 is 10.4 Å². The minimum absolute atomic E-state index is 0.230. The van der Waals surface area contributed by atoms with Crippen molar-refractivity contribution in [1.29, 1.82) is 0 Å². The average Bonchev–Trinajstić information content (AvgIpc) is 2.13. The van der Waals surface area contributed by atoms with Gasteiger partial charge in [-0.1, -0.05) is 34.8 Å². The summed E-state index contributed by atoms with van der Waals surface area (Å²) in [6.07, 6.45) is -1.10. The highest BCUT2D eigenvalue weighted by molar-refractivity contribution is 6.48. The first kappa shape index (κ1) is 12.6. The molecule has 0 aliphatic rings. The number of carbonyl (C=O) groups excluding carboxylic acids is 1. The first-order valence-corrected chi connectivity index (χ1v) is 5.18. The van der Waals surface area contributed by atoms with Crippen LogP contribution in [-0.4, -0.2) is 17.1 Å². The first-order chi connectivity index (χ1) is 6.91. The summed E-state index contributed by atoms with van der Waals surface area (Å²) < 4.78 is 0. The van der Waals surface area contributed by atoms with Crippen molar-refractivity contribution < 1.29 is 9.90 Å². The third kappa shape index (κ3) is 3.24. The van der Waals surface area contributed by atoms with Crippen molar-refractivity contribution in [3.63, 3.8) is 0 Å². The van der Waals surface area contributed by atoms with E-state index in [0.29, 0.717) is 5.69 Å². The number of amides is 1. The van der Waals surface area contributed by atoms with E-state index in [2.05, 4.69) is 5.32 Å². The van der Waals surface area contributed by atoms with Crippen LogP contribution in [0.1, 0.15) is 6.92 Å². The van der Waals surface area contributed by atoms with E-state index in [0.717, 1.165) is 0 Å². The Morgan fingerprint density at radius 2 is 1.80 bits per heavy atom. The molecule has 0 heterocycles. The third-order valence-electron chi connectivity index (χ3n) is 1.63. The third-order valence-corrected chi connectivity index (χ3v) is 2.83. The van der Waals surface area contributed by atoms with Gasteiger partial charge in [0.05, 0.1) is 15.1 Å². The molecule has 1 atom stereocenters. The van der Waals surface area contributed by atoms with Crippen LogP contribution < -0.4 is 5.32 Å². The zero-order chi connectivity index (χ0) is 11.6. The molecule has 0 spiro atoms. The van der Waals surface area contributed by atoms with Crippen molar-refractivity contribution in [1.82, 2.24) is 0 Å². The predicted octanol–water partition coefficient (Wildman–Crippen LogP) is 2.97. The maximum absolute atomic E-state index is 11.1. The van der Waals surface area contributed by atoms with Gasteiger partial charge in [-0.3, -0.25) is 4.79 Å². The molecule has 0 radical (unpaired) electrons. The van der Waals surface area contributed by atoms with Crippen LogP contribution >= 0.6 is 34.8 Å². The Bertz CT molecular complexity index is 370. The number of halogens is 3.